The molecule has 0 aliphatic heterocycles. The van der Waals surface area contributed by atoms with Crippen LogP contribution in [-0.4, -0.2) is 28.9 Å². The maximum Gasteiger partial charge on any atom is 0.124 e. The molecule has 0 bridgehead atoms. The second kappa shape index (κ2) is 10.1. The van der Waals surface area contributed by atoms with Gasteiger partial charge in [0.25, 0.3) is 0 Å². The zero-order valence-electron chi connectivity index (χ0n) is 19.9. The Labute approximate surface area is 191 Å². The maximum absolute atomic E-state index is 5.84. The fraction of sp³-hybridized carbons (Fsp3) is 0.577. The molecule has 1 N–H and O–H groups in total. The minimum atomic E-state index is -0.183. The number of nitrogens with one attached hydrogen (secondary N) is 1. The van der Waals surface area contributed by atoms with Gasteiger partial charge in [-0.3, -0.25) is 9.97 Å². The van der Waals surface area contributed by atoms with E-state index in [1.54, 1.807) is 0 Å². The smallest absolute Gasteiger partial charge is 0.124 e. The maximum atomic E-state index is 5.84. The normalized spacial score (nSPS) is 18.2. The Hall–Kier alpha value is -2.31. The average molecular weight is 437 g/mol. The number of hydrogen-bond acceptors (Lipinski definition) is 6. The van der Waals surface area contributed by atoms with Crippen LogP contribution in [0.15, 0.2) is 29.4 Å². The molecule has 2 aromatic heterocycles. The van der Waals surface area contributed by atoms with Crippen molar-refractivity contribution in [3.8, 4) is 0 Å². The summed E-state index contributed by atoms with van der Waals surface area (Å²) >= 11 is 0. The van der Waals surface area contributed by atoms with Crippen LogP contribution in [-0.2, 0) is 28.9 Å². The summed E-state index contributed by atoms with van der Waals surface area (Å²) in [5.74, 6) is 0. The van der Waals surface area contributed by atoms with Gasteiger partial charge in [-0.05, 0) is 82.1 Å². The molecule has 0 radical (unpaired) electrons. The highest BCUT2D eigenvalue weighted by Gasteiger charge is 2.22. The molecular weight excluding hydrogens is 400 g/mol. The van der Waals surface area contributed by atoms with E-state index >= 15 is 0 Å². The van der Waals surface area contributed by atoms with Crippen molar-refractivity contribution in [1.29, 1.82) is 0 Å². The number of hydroxylamine groups is 1. The summed E-state index contributed by atoms with van der Waals surface area (Å²) in [5, 5.41) is 4.45. The molecule has 6 heteroatoms. The molecule has 0 saturated heterocycles. The molecule has 1 unspecified atom stereocenters. The summed E-state index contributed by atoms with van der Waals surface area (Å²) in [6.45, 7) is 9.33. The monoisotopic (exact) mass is 436 g/mol. The van der Waals surface area contributed by atoms with Gasteiger partial charge in [0.1, 0.15) is 12.3 Å². The largest absolute Gasteiger partial charge is 0.395 e. The fourth-order valence-electron chi connectivity index (χ4n) is 4.28. The van der Waals surface area contributed by atoms with Crippen LogP contribution in [0.1, 0.15) is 86.4 Å². The van der Waals surface area contributed by atoms with Crippen molar-refractivity contribution in [1.82, 2.24) is 15.4 Å². The molecule has 0 fully saturated rings. The van der Waals surface area contributed by atoms with Crippen LogP contribution >= 0.6 is 0 Å². The van der Waals surface area contributed by atoms with Crippen molar-refractivity contribution in [3.05, 3.63) is 58.2 Å². The summed E-state index contributed by atoms with van der Waals surface area (Å²) in [7, 11) is 0. The van der Waals surface area contributed by atoms with Gasteiger partial charge in [0.2, 0.25) is 0 Å². The molecule has 1 atom stereocenters. The van der Waals surface area contributed by atoms with Crippen LogP contribution in [0, 0.1) is 12.3 Å². The predicted octanol–water partition coefficient (Wildman–Crippen LogP) is 5.03. The first kappa shape index (κ1) is 22.9. The lowest BCUT2D eigenvalue weighted by atomic mass is 9.94. The summed E-state index contributed by atoms with van der Waals surface area (Å²) in [4.78, 5) is 21.2. The Balaban J connectivity index is 1.26. The molecule has 2 aliphatic rings. The van der Waals surface area contributed by atoms with Crippen LogP contribution in [0.2, 0.25) is 0 Å². The first-order valence-electron chi connectivity index (χ1n) is 11.9. The van der Waals surface area contributed by atoms with E-state index in [-0.39, 0.29) is 11.5 Å². The Morgan fingerprint density at radius 2 is 1.75 bits per heavy atom. The van der Waals surface area contributed by atoms with Crippen LogP contribution < -0.4 is 5.48 Å². The second-order valence-corrected chi connectivity index (χ2v) is 9.97. The zero-order chi connectivity index (χ0) is 22.6. The molecule has 2 aromatic rings. The van der Waals surface area contributed by atoms with E-state index in [1.807, 2.05) is 6.92 Å². The summed E-state index contributed by atoms with van der Waals surface area (Å²) in [5.41, 5.74) is 10.9. The van der Waals surface area contributed by atoms with Crippen LogP contribution in [0.5, 0.6) is 0 Å². The topological polar surface area (TPSA) is 68.6 Å². The van der Waals surface area contributed by atoms with Gasteiger partial charge in [-0.2, -0.15) is 5.48 Å². The van der Waals surface area contributed by atoms with Crippen LogP contribution in [0.4, 0.5) is 0 Å². The van der Waals surface area contributed by atoms with E-state index in [9.17, 15) is 0 Å². The molecule has 32 heavy (non-hydrogen) atoms. The Morgan fingerprint density at radius 1 is 0.969 bits per heavy atom. The Bertz CT molecular complexity index is 970. The number of fused-ring (bicyclic) bond motifs is 2. The average Bonchev–Trinajstić information content (AvgIpc) is 2.78. The van der Waals surface area contributed by atoms with Crippen molar-refractivity contribution in [3.63, 3.8) is 0 Å². The molecule has 0 amide bonds. The highest BCUT2D eigenvalue weighted by Crippen LogP contribution is 2.23. The molecule has 2 heterocycles. The molecular formula is C26H36N4O2. The molecule has 6 nitrogen and oxygen atoms in total. The van der Waals surface area contributed by atoms with E-state index in [2.05, 4.69) is 60.7 Å². The number of nitrogens with zero attached hydrogens (tertiary/aromatic N) is 3. The van der Waals surface area contributed by atoms with Gasteiger partial charge in [0.15, 0.2) is 0 Å². The standard InChI is InChI=1S/C26H36N4O2/c1-18-12-13-21-9-7-11-24(25(21)27-18)30-32-17-26(3,4)16-31-29-19(2)22-15-14-20-8-5-6-10-23(20)28-22/h12-15,19,29H,5-11,16-17H2,1-4H3/b30-24+. The van der Waals surface area contributed by atoms with E-state index in [0.29, 0.717) is 13.2 Å². The van der Waals surface area contributed by atoms with Gasteiger partial charge < -0.3 is 9.68 Å². The van der Waals surface area contributed by atoms with Crippen molar-refractivity contribution < 1.29 is 9.68 Å². The van der Waals surface area contributed by atoms with Gasteiger partial charge in [-0.15, -0.1) is 0 Å². The lowest BCUT2D eigenvalue weighted by Crippen LogP contribution is -2.31. The van der Waals surface area contributed by atoms with Gasteiger partial charge >= 0.3 is 0 Å². The van der Waals surface area contributed by atoms with Crippen LogP contribution in [0.3, 0.4) is 0 Å². The quantitative estimate of drug-likeness (QED) is 0.588. The number of aromatic nitrogens is 2. The van der Waals surface area contributed by atoms with E-state index in [1.165, 1.54) is 29.7 Å². The Morgan fingerprint density at radius 3 is 2.62 bits per heavy atom. The van der Waals surface area contributed by atoms with Crippen molar-refractivity contribution in [2.75, 3.05) is 13.2 Å². The number of aryl methyl sites for hydroxylation is 4. The van der Waals surface area contributed by atoms with E-state index < -0.39 is 0 Å². The van der Waals surface area contributed by atoms with Gasteiger partial charge in [0.05, 0.1) is 24.0 Å². The molecule has 2 aliphatic carbocycles. The third kappa shape index (κ3) is 5.73. The van der Waals surface area contributed by atoms with Crippen molar-refractivity contribution in [2.45, 2.75) is 78.7 Å². The van der Waals surface area contributed by atoms with E-state index in [4.69, 9.17) is 14.7 Å². The molecule has 172 valence electrons. The number of hydrogen-bond donors (Lipinski definition) is 1. The Kier molecular flexibility index (Phi) is 7.21. The first-order valence-corrected chi connectivity index (χ1v) is 11.9. The lowest BCUT2D eigenvalue weighted by molar-refractivity contribution is -0.0540. The van der Waals surface area contributed by atoms with E-state index in [0.717, 1.165) is 54.9 Å². The summed E-state index contributed by atoms with van der Waals surface area (Å²) in [6, 6.07) is 8.61. The summed E-state index contributed by atoms with van der Waals surface area (Å²) < 4.78 is 0. The van der Waals surface area contributed by atoms with Crippen molar-refractivity contribution in [2.24, 2.45) is 10.6 Å². The highest BCUT2D eigenvalue weighted by atomic mass is 16.7. The predicted molar refractivity (Wildman–Crippen MR) is 127 cm³/mol. The third-order valence-corrected chi connectivity index (χ3v) is 6.25. The number of oxime groups is 1. The molecule has 0 saturated carbocycles. The molecule has 4 rings (SSSR count). The highest BCUT2D eigenvalue weighted by molar-refractivity contribution is 6.00. The minimum Gasteiger partial charge on any atom is -0.395 e. The summed E-state index contributed by atoms with van der Waals surface area (Å²) in [6.07, 6.45) is 7.81. The fourth-order valence-corrected chi connectivity index (χ4v) is 4.28. The van der Waals surface area contributed by atoms with Gasteiger partial charge in [-0.25, -0.2) is 0 Å². The van der Waals surface area contributed by atoms with Crippen molar-refractivity contribution >= 4 is 5.71 Å². The molecule has 0 aromatic carbocycles. The first-order chi connectivity index (χ1) is 15.4. The van der Waals surface area contributed by atoms with Gasteiger partial charge in [-0.1, -0.05) is 31.1 Å². The number of pyridine rings is 2. The third-order valence-electron chi connectivity index (χ3n) is 6.25. The zero-order valence-corrected chi connectivity index (χ0v) is 19.9. The lowest BCUT2D eigenvalue weighted by Gasteiger charge is -2.25. The number of rotatable bonds is 8. The minimum absolute atomic E-state index is 0.0345. The van der Waals surface area contributed by atoms with Crippen LogP contribution in [0.25, 0.3) is 0 Å². The second-order valence-electron chi connectivity index (χ2n) is 9.97. The molecule has 0 spiro atoms. The SMILES string of the molecule is Cc1ccc2c(n1)/C(=N/OCC(C)(C)CONC(C)c1ccc3c(n1)CCCC3)CCC2. The van der Waals surface area contributed by atoms with Gasteiger partial charge in [0, 0.05) is 16.8 Å².